The van der Waals surface area contributed by atoms with Crippen LogP contribution in [0.2, 0.25) is 0 Å². The van der Waals surface area contributed by atoms with Crippen molar-refractivity contribution in [2.24, 2.45) is 5.92 Å². The van der Waals surface area contributed by atoms with Crippen LogP contribution in [-0.4, -0.2) is 59.2 Å². The summed E-state index contributed by atoms with van der Waals surface area (Å²) in [6, 6.07) is 17.3. The van der Waals surface area contributed by atoms with E-state index in [-0.39, 0.29) is 49.3 Å². The standard InChI is InChI=1S/C32H34F3N3O4/c33-24-8-6-20(7-9-24)17-38-18-23(13-30(38)39)32(41)37-29(12-22-10-25(34)14-26(35)11-22)31(40)28-15-27(16-36-28)42-19-21-4-2-1-3-5-21/h1-11,14,23,27-29,31,36,40H,12-13,15-19H2,(H,37,41)/t23?,27-,28-,29+,31-/m1/s1. The Labute approximate surface area is 242 Å². The van der Waals surface area contributed by atoms with Gasteiger partial charge >= 0.3 is 0 Å². The number of nitrogens with one attached hydrogen (secondary N) is 2. The Morgan fingerprint density at radius 3 is 2.40 bits per heavy atom. The van der Waals surface area contributed by atoms with Gasteiger partial charge in [-0.1, -0.05) is 42.5 Å². The number of halogens is 3. The zero-order valence-corrected chi connectivity index (χ0v) is 23.0. The zero-order valence-electron chi connectivity index (χ0n) is 23.0. The smallest absolute Gasteiger partial charge is 0.225 e. The molecule has 2 heterocycles. The van der Waals surface area contributed by atoms with Crippen LogP contribution in [0, 0.1) is 23.4 Å². The Bertz CT molecular complexity index is 1350. The number of benzene rings is 3. The molecule has 2 amide bonds. The number of carbonyl (C=O) groups excluding carboxylic acids is 2. The van der Waals surface area contributed by atoms with E-state index < -0.39 is 41.6 Å². The summed E-state index contributed by atoms with van der Waals surface area (Å²) in [5.41, 5.74) is 2.05. The first-order chi connectivity index (χ1) is 20.2. The van der Waals surface area contributed by atoms with Crippen LogP contribution in [-0.2, 0) is 33.9 Å². The summed E-state index contributed by atoms with van der Waals surface area (Å²) in [6.45, 7) is 1.33. The van der Waals surface area contributed by atoms with E-state index in [0.717, 1.165) is 17.2 Å². The van der Waals surface area contributed by atoms with Gasteiger partial charge < -0.3 is 25.4 Å². The fourth-order valence-electron chi connectivity index (χ4n) is 5.64. The third kappa shape index (κ3) is 7.76. The van der Waals surface area contributed by atoms with Crippen molar-refractivity contribution in [3.05, 3.63) is 107 Å². The first-order valence-electron chi connectivity index (χ1n) is 14.1. The van der Waals surface area contributed by atoms with Crippen molar-refractivity contribution in [1.82, 2.24) is 15.5 Å². The minimum Gasteiger partial charge on any atom is -0.389 e. The molecule has 2 fully saturated rings. The van der Waals surface area contributed by atoms with E-state index in [1.54, 1.807) is 12.1 Å². The van der Waals surface area contributed by atoms with Gasteiger partial charge in [-0.3, -0.25) is 9.59 Å². The van der Waals surface area contributed by atoms with Gasteiger partial charge in [-0.05, 0) is 53.8 Å². The zero-order chi connectivity index (χ0) is 29.6. The van der Waals surface area contributed by atoms with Crippen molar-refractivity contribution < 1.29 is 32.6 Å². The third-order valence-electron chi connectivity index (χ3n) is 7.86. The van der Waals surface area contributed by atoms with Crippen molar-refractivity contribution in [2.45, 2.75) is 56.7 Å². The molecule has 0 aliphatic carbocycles. The van der Waals surface area contributed by atoms with Crippen LogP contribution >= 0.6 is 0 Å². The number of likely N-dealkylation sites (tertiary alicyclic amines) is 1. The highest BCUT2D eigenvalue weighted by Gasteiger charge is 2.39. The van der Waals surface area contributed by atoms with Gasteiger partial charge in [-0.15, -0.1) is 0 Å². The molecule has 3 N–H and O–H groups in total. The summed E-state index contributed by atoms with van der Waals surface area (Å²) in [6.07, 6.45) is -0.819. The lowest BCUT2D eigenvalue weighted by atomic mass is 9.94. The van der Waals surface area contributed by atoms with Gasteiger partial charge in [0.05, 0.1) is 30.8 Å². The molecule has 2 aliphatic rings. The summed E-state index contributed by atoms with van der Waals surface area (Å²) in [5.74, 6) is -3.19. The lowest BCUT2D eigenvalue weighted by Gasteiger charge is -2.29. The van der Waals surface area contributed by atoms with E-state index in [1.807, 2.05) is 30.3 Å². The number of hydrogen-bond acceptors (Lipinski definition) is 5. The highest BCUT2D eigenvalue weighted by molar-refractivity contribution is 5.89. The molecular weight excluding hydrogens is 547 g/mol. The lowest BCUT2D eigenvalue weighted by Crippen LogP contribution is -2.53. The molecule has 0 aromatic heterocycles. The van der Waals surface area contributed by atoms with Crippen LogP contribution in [0.1, 0.15) is 29.5 Å². The summed E-state index contributed by atoms with van der Waals surface area (Å²) < 4.78 is 47.2. The van der Waals surface area contributed by atoms with E-state index >= 15 is 0 Å². The molecule has 2 saturated heterocycles. The maximum absolute atomic E-state index is 14.0. The minimum absolute atomic E-state index is 0.0124. The van der Waals surface area contributed by atoms with Crippen molar-refractivity contribution in [2.75, 3.05) is 13.1 Å². The summed E-state index contributed by atoms with van der Waals surface area (Å²) in [4.78, 5) is 27.6. The fraction of sp³-hybridized carbons (Fsp3) is 0.375. The van der Waals surface area contributed by atoms with Crippen LogP contribution in [0.15, 0.2) is 72.8 Å². The first kappa shape index (κ1) is 29.8. The quantitative estimate of drug-likeness (QED) is 0.323. The second-order valence-electron chi connectivity index (χ2n) is 11.1. The van der Waals surface area contributed by atoms with Crippen LogP contribution in [0.5, 0.6) is 0 Å². The SMILES string of the molecule is O=C(N[C@@H](Cc1cc(F)cc(F)c1)[C@H](O)[C@H]1C[C@@H](OCc2ccccc2)CN1)C1CC(=O)N(Cc2ccc(F)cc2)C1. The molecule has 7 nitrogen and oxygen atoms in total. The second-order valence-corrected chi connectivity index (χ2v) is 11.1. The predicted octanol–water partition coefficient (Wildman–Crippen LogP) is 3.49. The monoisotopic (exact) mass is 581 g/mol. The molecule has 5 rings (SSSR count). The molecule has 0 radical (unpaired) electrons. The average molecular weight is 582 g/mol. The van der Waals surface area contributed by atoms with Gasteiger partial charge in [-0.25, -0.2) is 13.2 Å². The number of hydrogen-bond donors (Lipinski definition) is 3. The summed E-state index contributed by atoms with van der Waals surface area (Å²) in [5, 5.41) is 17.5. The third-order valence-corrected chi connectivity index (χ3v) is 7.86. The van der Waals surface area contributed by atoms with Crippen LogP contribution in [0.3, 0.4) is 0 Å². The van der Waals surface area contributed by atoms with E-state index in [9.17, 15) is 27.9 Å². The molecule has 5 atom stereocenters. The minimum atomic E-state index is -1.10. The maximum Gasteiger partial charge on any atom is 0.225 e. The molecule has 3 aromatic rings. The fourth-order valence-corrected chi connectivity index (χ4v) is 5.64. The first-order valence-corrected chi connectivity index (χ1v) is 14.1. The van der Waals surface area contributed by atoms with Gasteiger partial charge in [0.1, 0.15) is 17.5 Å². The number of aliphatic hydroxyl groups excluding tert-OH is 1. The number of nitrogens with zero attached hydrogens (tertiary/aromatic N) is 1. The number of carbonyl (C=O) groups is 2. The van der Waals surface area contributed by atoms with Gasteiger partial charge in [-0.2, -0.15) is 0 Å². The molecule has 42 heavy (non-hydrogen) atoms. The molecule has 0 bridgehead atoms. The van der Waals surface area contributed by atoms with Gasteiger partial charge in [0, 0.05) is 38.2 Å². The maximum atomic E-state index is 14.0. The Hall–Kier alpha value is -3.73. The molecule has 222 valence electrons. The molecule has 10 heteroatoms. The summed E-state index contributed by atoms with van der Waals surface area (Å²) in [7, 11) is 0. The highest BCUT2D eigenvalue weighted by atomic mass is 19.1. The van der Waals surface area contributed by atoms with E-state index in [2.05, 4.69) is 10.6 Å². The Morgan fingerprint density at radius 1 is 0.976 bits per heavy atom. The lowest BCUT2D eigenvalue weighted by molar-refractivity contribution is -0.129. The van der Waals surface area contributed by atoms with Gasteiger partial charge in [0.2, 0.25) is 11.8 Å². The number of rotatable bonds is 11. The molecule has 0 spiro atoms. The Balaban J connectivity index is 1.24. The predicted molar refractivity (Wildman–Crippen MR) is 149 cm³/mol. The number of aliphatic hydroxyl groups is 1. The highest BCUT2D eigenvalue weighted by Crippen LogP contribution is 2.23. The van der Waals surface area contributed by atoms with Crippen LogP contribution in [0.25, 0.3) is 0 Å². The Morgan fingerprint density at radius 2 is 1.69 bits per heavy atom. The van der Waals surface area contributed by atoms with Crippen LogP contribution < -0.4 is 10.6 Å². The largest absolute Gasteiger partial charge is 0.389 e. The van der Waals surface area contributed by atoms with Crippen LogP contribution in [0.4, 0.5) is 13.2 Å². The average Bonchev–Trinajstić information content (AvgIpc) is 3.59. The topological polar surface area (TPSA) is 90.9 Å². The van der Waals surface area contributed by atoms with E-state index in [0.29, 0.717) is 19.6 Å². The van der Waals surface area contributed by atoms with Crippen molar-refractivity contribution in [1.29, 1.82) is 0 Å². The van der Waals surface area contributed by atoms with Gasteiger partial charge in [0.15, 0.2) is 0 Å². The summed E-state index contributed by atoms with van der Waals surface area (Å²) >= 11 is 0. The molecule has 0 saturated carbocycles. The van der Waals surface area contributed by atoms with Gasteiger partial charge in [0.25, 0.3) is 0 Å². The van der Waals surface area contributed by atoms with Crippen molar-refractivity contribution in [3.63, 3.8) is 0 Å². The normalized spacial score (nSPS) is 21.9. The Kier molecular flexibility index (Phi) is 9.56. The number of ether oxygens (including phenoxy) is 1. The number of amides is 2. The van der Waals surface area contributed by atoms with Crippen molar-refractivity contribution >= 4 is 11.8 Å². The van der Waals surface area contributed by atoms with Crippen molar-refractivity contribution in [3.8, 4) is 0 Å². The van der Waals surface area contributed by atoms with E-state index in [1.165, 1.54) is 29.2 Å². The molecular formula is C32H34F3N3O4. The molecule has 1 unspecified atom stereocenters. The van der Waals surface area contributed by atoms with E-state index in [4.69, 9.17) is 4.74 Å². The molecule has 3 aromatic carbocycles. The molecule has 2 aliphatic heterocycles. The second kappa shape index (κ2) is 13.5.